The van der Waals surface area contributed by atoms with Gasteiger partial charge in [0.05, 0.1) is 27.7 Å². The van der Waals surface area contributed by atoms with Gasteiger partial charge in [-0.05, 0) is 38.5 Å². The number of phosphoric ester groups is 1. The average Bonchev–Trinajstić information content (AvgIpc) is 3.06. The van der Waals surface area contributed by atoms with Gasteiger partial charge in [-0.25, -0.2) is 0 Å². The number of hydrogen-bond donors (Lipinski definition) is 1. The van der Waals surface area contributed by atoms with Gasteiger partial charge < -0.3 is 28.3 Å². The first-order valence-corrected chi connectivity index (χ1v) is 21.8. The minimum Gasteiger partial charge on any atom is -0.756 e. The lowest BCUT2D eigenvalue weighted by atomic mass is 10.0. The van der Waals surface area contributed by atoms with E-state index in [1.54, 1.807) is 0 Å². The van der Waals surface area contributed by atoms with Gasteiger partial charge in [0, 0.05) is 12.8 Å². The summed E-state index contributed by atoms with van der Waals surface area (Å²) in [6.45, 7) is 4.01. The van der Waals surface area contributed by atoms with Crippen molar-refractivity contribution < 1.29 is 42.4 Å². The highest BCUT2D eigenvalue weighted by Crippen LogP contribution is 2.41. The summed E-state index contributed by atoms with van der Waals surface area (Å²) in [7, 11) is 0.788. The molecule has 0 amide bonds. The topological polar surface area (TPSA) is 122 Å². The number of rotatable bonds is 37. The molecule has 2 unspecified atom stereocenters. The Hall–Kier alpha value is -1.09. The van der Waals surface area contributed by atoms with E-state index in [0.717, 1.165) is 57.8 Å². The molecule has 0 aliphatic heterocycles. The second kappa shape index (κ2) is 32.6. The van der Waals surface area contributed by atoms with Crippen molar-refractivity contribution >= 4 is 19.6 Å². The van der Waals surface area contributed by atoms with Crippen molar-refractivity contribution in [1.29, 1.82) is 0 Å². The molecule has 0 aliphatic carbocycles. The van der Waals surface area contributed by atoms with Gasteiger partial charge in [0.1, 0.15) is 13.2 Å². The number of ether oxygens (including phenoxy) is 1. The number of quaternary nitrogens is 1. The Morgan fingerprint density at radius 2 is 1.10 bits per heavy atom. The third kappa shape index (κ3) is 31.6. The number of aliphatic hydroxyl groups is 1. The molecule has 0 rings (SSSR count). The Morgan fingerprint density at radius 1 is 0.680 bits per heavy atom. The van der Waals surface area contributed by atoms with Gasteiger partial charge in [-0.1, -0.05) is 142 Å². The summed E-state index contributed by atoms with van der Waals surface area (Å²) in [5.41, 5.74) is 0. The molecule has 0 fully saturated rings. The van der Waals surface area contributed by atoms with E-state index in [0.29, 0.717) is 23.9 Å². The van der Waals surface area contributed by atoms with Gasteiger partial charge in [0.25, 0.3) is 7.82 Å². The highest BCUT2D eigenvalue weighted by Gasteiger charge is 2.35. The van der Waals surface area contributed by atoms with Gasteiger partial charge in [-0.2, -0.15) is 0 Å². The molecule has 1 N–H and O–H groups in total. The number of phosphoric acid groups is 1. The molecule has 50 heavy (non-hydrogen) atoms. The Kier molecular flexibility index (Phi) is 31.8. The van der Waals surface area contributed by atoms with Crippen molar-refractivity contribution in [3.63, 3.8) is 0 Å². The van der Waals surface area contributed by atoms with E-state index in [-0.39, 0.29) is 19.4 Å². The van der Waals surface area contributed by atoms with Gasteiger partial charge in [-0.3, -0.25) is 14.2 Å². The van der Waals surface area contributed by atoms with E-state index in [2.05, 4.69) is 26.0 Å². The monoisotopic (exact) mass is 732 g/mol. The molecule has 296 valence electrons. The molecule has 0 aromatic rings. The number of carbonyl (C=O) groups excluding carboxylic acids is 2. The Morgan fingerprint density at radius 3 is 1.54 bits per heavy atom. The smallest absolute Gasteiger partial charge is 0.306 e. The lowest BCUT2D eigenvalue weighted by Crippen LogP contribution is -2.43. The Balaban J connectivity index is 4.72. The predicted molar refractivity (Wildman–Crippen MR) is 204 cm³/mol. The number of esters is 1. The summed E-state index contributed by atoms with van der Waals surface area (Å²) in [5.74, 6) is -1.09. The lowest BCUT2D eigenvalue weighted by molar-refractivity contribution is -0.870. The van der Waals surface area contributed by atoms with Crippen LogP contribution in [0.2, 0.25) is 0 Å². The number of hydrogen-bond acceptors (Lipinski definition) is 8. The minimum atomic E-state index is -4.91. The molecular formula is C40H78NO8P. The predicted octanol–water partition coefficient (Wildman–Crippen LogP) is 9.77. The highest BCUT2D eigenvalue weighted by molar-refractivity contribution is 7.45. The quantitative estimate of drug-likeness (QED) is 0.0220. The number of Topliss-reactive ketones (excluding diaryl/α,β-unsaturated/α-hetero) is 1. The lowest BCUT2D eigenvalue weighted by Gasteiger charge is -2.32. The number of allylic oxidation sites excluding steroid dienone is 2. The zero-order chi connectivity index (χ0) is 37.4. The maximum atomic E-state index is 13.3. The van der Waals surface area contributed by atoms with Crippen LogP contribution in [0.3, 0.4) is 0 Å². The molecule has 0 saturated carbocycles. The molecule has 10 heteroatoms. The third-order valence-electron chi connectivity index (χ3n) is 9.04. The van der Waals surface area contributed by atoms with Crippen LogP contribution < -0.4 is 4.89 Å². The van der Waals surface area contributed by atoms with E-state index in [9.17, 15) is 24.2 Å². The molecular weight excluding hydrogens is 653 g/mol. The molecule has 0 saturated heterocycles. The molecule has 0 radical (unpaired) electrons. The molecule has 0 heterocycles. The fourth-order valence-electron chi connectivity index (χ4n) is 5.80. The van der Waals surface area contributed by atoms with Gasteiger partial charge in [0.2, 0.25) is 0 Å². The van der Waals surface area contributed by atoms with E-state index in [1.165, 1.54) is 83.5 Å². The maximum absolute atomic E-state index is 13.3. The van der Waals surface area contributed by atoms with Gasteiger partial charge in [0.15, 0.2) is 18.0 Å². The van der Waals surface area contributed by atoms with Crippen LogP contribution in [0.1, 0.15) is 181 Å². The van der Waals surface area contributed by atoms with E-state index in [1.807, 2.05) is 21.1 Å². The second-order valence-electron chi connectivity index (χ2n) is 15.1. The largest absolute Gasteiger partial charge is 0.756 e. The van der Waals surface area contributed by atoms with Crippen LogP contribution in [0.25, 0.3) is 0 Å². The molecule has 0 spiro atoms. The van der Waals surface area contributed by atoms with Crippen LogP contribution in [0, 0.1) is 0 Å². The van der Waals surface area contributed by atoms with Crippen LogP contribution in [0.15, 0.2) is 12.2 Å². The first kappa shape index (κ1) is 48.9. The van der Waals surface area contributed by atoms with Crippen LogP contribution in [-0.2, 0) is 27.9 Å². The number of carbonyl (C=O) groups is 2. The van der Waals surface area contributed by atoms with Crippen molar-refractivity contribution in [3.8, 4) is 0 Å². The normalized spacial score (nSPS) is 14.5. The summed E-state index contributed by atoms with van der Waals surface area (Å²) >= 11 is 0. The zero-order valence-electron chi connectivity index (χ0n) is 33.0. The zero-order valence-corrected chi connectivity index (χ0v) is 33.9. The molecule has 0 aromatic carbocycles. The van der Waals surface area contributed by atoms with Crippen molar-refractivity contribution in [1.82, 2.24) is 0 Å². The van der Waals surface area contributed by atoms with E-state index < -0.39 is 38.4 Å². The van der Waals surface area contributed by atoms with Gasteiger partial charge in [-0.15, -0.1) is 0 Å². The summed E-state index contributed by atoms with van der Waals surface area (Å²) in [6, 6.07) is 0. The standard InChI is InChI=1S/C40H78NO8P/c1-6-8-10-12-14-16-18-19-20-21-23-24-26-28-30-32-37(43)40(49-50(45,46)47-35-34-41(3,4)5)38(36-42)48-39(44)33-31-29-27-25-22-17-15-13-11-9-7-2/h19-20,38,40,42H,6-18,21-36H2,1-5H3/b20-19-/t38-,40?/m0/s1. The maximum Gasteiger partial charge on any atom is 0.306 e. The molecule has 3 atom stereocenters. The SMILES string of the molecule is CCCCCCCC/C=C\CCCCCCCC(=O)C(OP(=O)([O-])OCC[N+](C)(C)C)[C@H](CO)OC(=O)CCCCCCCCCCCCC. The van der Waals surface area contributed by atoms with Crippen molar-refractivity contribution in [2.75, 3.05) is 40.9 Å². The summed E-state index contributed by atoms with van der Waals surface area (Å²) in [6.07, 6.45) is 28.9. The first-order valence-electron chi connectivity index (χ1n) is 20.4. The van der Waals surface area contributed by atoms with Crippen molar-refractivity contribution in [2.45, 2.75) is 193 Å². The molecule has 0 bridgehead atoms. The van der Waals surface area contributed by atoms with E-state index >= 15 is 0 Å². The third-order valence-corrected chi connectivity index (χ3v) is 10.0. The van der Waals surface area contributed by atoms with Gasteiger partial charge >= 0.3 is 5.97 Å². The van der Waals surface area contributed by atoms with E-state index in [4.69, 9.17) is 13.8 Å². The number of likely N-dealkylation sites (N-methyl/N-ethyl adjacent to an activating group) is 1. The first-order chi connectivity index (χ1) is 24.0. The fraction of sp³-hybridized carbons (Fsp3) is 0.900. The van der Waals surface area contributed by atoms with Crippen LogP contribution in [0.5, 0.6) is 0 Å². The molecule has 9 nitrogen and oxygen atoms in total. The summed E-state index contributed by atoms with van der Waals surface area (Å²) in [5, 5.41) is 10.1. The Labute approximate surface area is 307 Å². The van der Waals surface area contributed by atoms with Crippen LogP contribution in [0.4, 0.5) is 0 Å². The van der Waals surface area contributed by atoms with Crippen molar-refractivity contribution in [2.24, 2.45) is 0 Å². The molecule has 0 aliphatic rings. The highest BCUT2D eigenvalue weighted by atomic mass is 31.2. The van der Waals surface area contributed by atoms with Crippen LogP contribution >= 0.6 is 7.82 Å². The summed E-state index contributed by atoms with van der Waals surface area (Å²) in [4.78, 5) is 38.7. The summed E-state index contributed by atoms with van der Waals surface area (Å²) < 4.78 is 28.9. The van der Waals surface area contributed by atoms with Crippen molar-refractivity contribution in [3.05, 3.63) is 12.2 Å². The van der Waals surface area contributed by atoms with Crippen LogP contribution in [-0.4, -0.2) is 74.5 Å². The average molecular weight is 732 g/mol. The molecule has 0 aromatic heterocycles. The second-order valence-corrected chi connectivity index (χ2v) is 16.5. The minimum absolute atomic E-state index is 0.0638. The number of aliphatic hydroxyl groups excluding tert-OH is 1. The number of unbranched alkanes of at least 4 members (excludes halogenated alkanes) is 21. The number of ketones is 1. The fourth-order valence-corrected chi connectivity index (χ4v) is 6.70. The number of nitrogens with zero attached hydrogens (tertiary/aromatic N) is 1. The Bertz CT molecular complexity index is 891.